The fraction of sp³-hybridized carbons (Fsp3) is 0.0476. The fourth-order valence-corrected chi connectivity index (χ4v) is 4.31. The summed E-state index contributed by atoms with van der Waals surface area (Å²) < 4.78 is 2.86. The summed E-state index contributed by atoms with van der Waals surface area (Å²) in [6.07, 6.45) is 3.40. The highest BCUT2D eigenvalue weighted by atomic mass is 79.9. The standard InChI is InChI=1S/C21H14BrCl2N5OS/c22-14-4-6-15(7-5-14)29-20(13-8-10-25-11-9-13)27-28-21(29)31-12-18(30)26-19-16(23)2-1-3-17(19)24/h1-11H,12H2,(H,26,30). The largest absolute Gasteiger partial charge is 0.323 e. The molecule has 0 saturated carbocycles. The van der Waals surface area contributed by atoms with E-state index in [2.05, 4.69) is 36.4 Å². The Morgan fingerprint density at radius 3 is 2.35 bits per heavy atom. The molecule has 2 aromatic carbocycles. The van der Waals surface area contributed by atoms with Crippen LogP contribution in [-0.4, -0.2) is 31.4 Å². The number of carbonyl (C=O) groups is 1. The number of pyridine rings is 1. The monoisotopic (exact) mass is 533 g/mol. The van der Waals surface area contributed by atoms with Crippen LogP contribution in [0.1, 0.15) is 0 Å². The quantitative estimate of drug-likeness (QED) is 0.301. The Balaban J connectivity index is 1.60. The zero-order valence-corrected chi connectivity index (χ0v) is 19.7. The molecule has 6 nitrogen and oxygen atoms in total. The number of carbonyl (C=O) groups excluding carboxylic acids is 1. The zero-order valence-electron chi connectivity index (χ0n) is 15.8. The third-order valence-corrected chi connectivity index (χ3v) is 6.30. The Kier molecular flexibility index (Phi) is 6.92. The van der Waals surface area contributed by atoms with E-state index in [1.54, 1.807) is 30.6 Å². The lowest BCUT2D eigenvalue weighted by Crippen LogP contribution is -2.15. The summed E-state index contributed by atoms with van der Waals surface area (Å²) in [6.45, 7) is 0. The second-order valence-corrected chi connectivity index (χ2v) is 8.96. The van der Waals surface area contributed by atoms with E-state index >= 15 is 0 Å². The maximum atomic E-state index is 12.5. The average molecular weight is 535 g/mol. The number of thioether (sulfide) groups is 1. The molecule has 0 unspecified atom stereocenters. The van der Waals surface area contributed by atoms with Crippen molar-refractivity contribution in [3.8, 4) is 17.1 Å². The van der Waals surface area contributed by atoms with Crippen LogP contribution in [0.3, 0.4) is 0 Å². The number of para-hydroxylation sites is 1. The molecule has 0 spiro atoms. The van der Waals surface area contributed by atoms with Gasteiger partial charge >= 0.3 is 0 Å². The summed E-state index contributed by atoms with van der Waals surface area (Å²) in [5, 5.41) is 12.8. The smallest absolute Gasteiger partial charge is 0.234 e. The Morgan fingerprint density at radius 2 is 1.68 bits per heavy atom. The molecule has 156 valence electrons. The van der Waals surface area contributed by atoms with Crippen LogP contribution in [0.15, 0.2) is 76.6 Å². The topological polar surface area (TPSA) is 72.7 Å². The highest BCUT2D eigenvalue weighted by molar-refractivity contribution is 9.10. The van der Waals surface area contributed by atoms with E-state index in [0.717, 1.165) is 15.7 Å². The van der Waals surface area contributed by atoms with E-state index < -0.39 is 0 Å². The first-order valence-corrected chi connectivity index (χ1v) is 11.5. The van der Waals surface area contributed by atoms with Gasteiger partial charge in [0.05, 0.1) is 21.5 Å². The van der Waals surface area contributed by atoms with Crippen LogP contribution in [0.25, 0.3) is 17.1 Å². The molecule has 0 saturated heterocycles. The van der Waals surface area contributed by atoms with E-state index in [1.807, 2.05) is 41.0 Å². The second-order valence-electron chi connectivity index (χ2n) is 6.29. The number of halogens is 3. The summed E-state index contributed by atoms with van der Waals surface area (Å²) in [7, 11) is 0. The molecule has 0 aliphatic heterocycles. The van der Waals surface area contributed by atoms with E-state index in [-0.39, 0.29) is 11.7 Å². The van der Waals surface area contributed by atoms with Gasteiger partial charge in [0.2, 0.25) is 5.91 Å². The molecule has 1 N–H and O–H groups in total. The van der Waals surface area contributed by atoms with Crippen molar-refractivity contribution in [2.45, 2.75) is 5.16 Å². The minimum Gasteiger partial charge on any atom is -0.323 e. The first-order chi connectivity index (χ1) is 15.0. The lowest BCUT2D eigenvalue weighted by molar-refractivity contribution is -0.113. The molecule has 0 fully saturated rings. The van der Waals surface area contributed by atoms with Gasteiger partial charge in [-0.1, -0.05) is 57.0 Å². The molecule has 0 radical (unpaired) electrons. The van der Waals surface area contributed by atoms with Gasteiger partial charge < -0.3 is 5.32 Å². The minimum absolute atomic E-state index is 0.104. The number of aromatic nitrogens is 4. The lowest BCUT2D eigenvalue weighted by atomic mass is 10.2. The zero-order chi connectivity index (χ0) is 21.8. The van der Waals surface area contributed by atoms with Crippen LogP contribution < -0.4 is 5.32 Å². The number of benzene rings is 2. The first kappa shape index (κ1) is 21.8. The average Bonchev–Trinajstić information content (AvgIpc) is 3.20. The van der Waals surface area contributed by atoms with Gasteiger partial charge in [0.25, 0.3) is 0 Å². The lowest BCUT2D eigenvalue weighted by Gasteiger charge is -2.11. The molecule has 31 heavy (non-hydrogen) atoms. The highest BCUT2D eigenvalue weighted by Gasteiger charge is 2.18. The van der Waals surface area contributed by atoms with Gasteiger partial charge in [-0.15, -0.1) is 10.2 Å². The molecule has 1 amide bonds. The predicted octanol–water partition coefficient (Wildman–Crippen LogP) is 6.13. The molecule has 0 aliphatic carbocycles. The van der Waals surface area contributed by atoms with Crippen molar-refractivity contribution in [3.63, 3.8) is 0 Å². The fourth-order valence-electron chi connectivity index (χ4n) is 2.80. The van der Waals surface area contributed by atoms with Gasteiger partial charge in [0, 0.05) is 28.1 Å². The normalized spacial score (nSPS) is 10.8. The number of hydrogen-bond acceptors (Lipinski definition) is 5. The van der Waals surface area contributed by atoms with Crippen molar-refractivity contribution in [1.82, 2.24) is 19.7 Å². The Hall–Kier alpha value is -2.39. The number of amides is 1. The van der Waals surface area contributed by atoms with E-state index in [1.165, 1.54) is 11.8 Å². The number of hydrogen-bond donors (Lipinski definition) is 1. The van der Waals surface area contributed by atoms with Gasteiger partial charge in [0.15, 0.2) is 11.0 Å². The number of nitrogens with one attached hydrogen (secondary N) is 1. The Morgan fingerprint density at radius 1 is 1.00 bits per heavy atom. The molecule has 0 aliphatic rings. The Labute approximate surface area is 201 Å². The molecule has 4 rings (SSSR count). The van der Waals surface area contributed by atoms with Gasteiger partial charge in [0.1, 0.15) is 0 Å². The molecule has 10 heteroatoms. The molecule has 0 bridgehead atoms. The van der Waals surface area contributed by atoms with Crippen molar-refractivity contribution < 1.29 is 4.79 Å². The van der Waals surface area contributed by atoms with E-state index in [9.17, 15) is 4.79 Å². The Bertz CT molecular complexity index is 1200. The number of anilines is 1. The van der Waals surface area contributed by atoms with Gasteiger partial charge in [-0.2, -0.15) is 0 Å². The van der Waals surface area contributed by atoms with Crippen LogP contribution in [-0.2, 0) is 4.79 Å². The minimum atomic E-state index is -0.254. The van der Waals surface area contributed by atoms with Crippen molar-refractivity contribution >= 4 is 62.5 Å². The molecule has 4 aromatic rings. The van der Waals surface area contributed by atoms with Crippen molar-refractivity contribution in [2.75, 3.05) is 11.1 Å². The highest BCUT2D eigenvalue weighted by Crippen LogP contribution is 2.31. The molecular weight excluding hydrogens is 521 g/mol. The maximum Gasteiger partial charge on any atom is 0.234 e. The third-order valence-electron chi connectivity index (χ3n) is 4.22. The summed E-state index contributed by atoms with van der Waals surface area (Å²) in [5.41, 5.74) is 2.13. The maximum absolute atomic E-state index is 12.5. The van der Waals surface area contributed by atoms with Crippen LogP contribution in [0.4, 0.5) is 5.69 Å². The van der Waals surface area contributed by atoms with Crippen LogP contribution in [0.5, 0.6) is 0 Å². The first-order valence-electron chi connectivity index (χ1n) is 9.01. The van der Waals surface area contributed by atoms with Crippen LogP contribution >= 0.6 is 50.9 Å². The summed E-state index contributed by atoms with van der Waals surface area (Å²) in [4.78, 5) is 16.6. The van der Waals surface area contributed by atoms with Crippen LogP contribution in [0, 0.1) is 0 Å². The molecule has 0 atom stereocenters. The van der Waals surface area contributed by atoms with Crippen molar-refractivity contribution in [3.05, 3.63) is 81.5 Å². The summed E-state index contributed by atoms with van der Waals surface area (Å²) in [6, 6.07) is 16.6. The molecule has 2 aromatic heterocycles. The summed E-state index contributed by atoms with van der Waals surface area (Å²) in [5.74, 6) is 0.504. The van der Waals surface area contributed by atoms with Crippen molar-refractivity contribution in [2.24, 2.45) is 0 Å². The second kappa shape index (κ2) is 9.82. The third kappa shape index (κ3) is 5.10. The molecular formula is C21H14BrCl2N5OS. The molecule has 2 heterocycles. The van der Waals surface area contributed by atoms with E-state index in [4.69, 9.17) is 23.2 Å². The van der Waals surface area contributed by atoms with Gasteiger partial charge in [-0.3, -0.25) is 14.3 Å². The van der Waals surface area contributed by atoms with E-state index in [0.29, 0.717) is 26.7 Å². The number of nitrogens with zero attached hydrogens (tertiary/aromatic N) is 4. The summed E-state index contributed by atoms with van der Waals surface area (Å²) >= 11 is 17.0. The number of rotatable bonds is 6. The SMILES string of the molecule is O=C(CSc1nnc(-c2ccncc2)n1-c1ccc(Br)cc1)Nc1c(Cl)cccc1Cl. The van der Waals surface area contributed by atoms with Gasteiger partial charge in [-0.05, 0) is 48.5 Å². The van der Waals surface area contributed by atoms with Crippen LogP contribution in [0.2, 0.25) is 10.0 Å². The van der Waals surface area contributed by atoms with Crippen molar-refractivity contribution in [1.29, 1.82) is 0 Å². The van der Waals surface area contributed by atoms with Gasteiger partial charge in [-0.25, -0.2) is 0 Å². The predicted molar refractivity (Wildman–Crippen MR) is 128 cm³/mol.